The number of rotatable bonds is 2. The van der Waals surface area contributed by atoms with Crippen molar-refractivity contribution in [3.05, 3.63) is 0 Å². The minimum Gasteiger partial charge on any atom is -0.368 e. The maximum absolute atomic E-state index is 5.87. The predicted molar refractivity (Wildman–Crippen MR) is 80.9 cm³/mol. The fourth-order valence-corrected chi connectivity index (χ4v) is 2.88. The average molecular weight is 276 g/mol. The summed E-state index contributed by atoms with van der Waals surface area (Å²) in [6, 6.07) is 0. The van der Waals surface area contributed by atoms with Crippen LogP contribution in [-0.2, 0) is 0 Å². The first-order chi connectivity index (χ1) is 9.53. The normalized spacial score (nSPS) is 22.3. The number of nitrogen functional groups attached to an aromatic ring is 1. The average Bonchev–Trinajstić information content (AvgIpc) is 2.91. The summed E-state index contributed by atoms with van der Waals surface area (Å²) in [6.07, 6.45) is 4.74. The molecule has 0 spiro atoms. The number of hydrogen-bond donors (Lipinski definition) is 1. The Morgan fingerprint density at radius 2 is 1.35 bits per heavy atom. The Kier molecular flexibility index (Phi) is 3.40. The van der Waals surface area contributed by atoms with Crippen LogP contribution in [0.25, 0.3) is 0 Å². The van der Waals surface area contributed by atoms with Gasteiger partial charge >= 0.3 is 0 Å². The highest BCUT2D eigenvalue weighted by Gasteiger charge is 2.27. The van der Waals surface area contributed by atoms with E-state index in [1.54, 1.807) is 0 Å². The molecule has 2 aliphatic heterocycles. The summed E-state index contributed by atoms with van der Waals surface area (Å²) in [5.41, 5.74) is 6.29. The summed E-state index contributed by atoms with van der Waals surface area (Å²) in [5.74, 6) is 1.83. The molecule has 1 aromatic rings. The third kappa shape index (κ3) is 2.78. The van der Waals surface area contributed by atoms with E-state index in [2.05, 4.69) is 38.6 Å². The van der Waals surface area contributed by atoms with Gasteiger partial charge in [-0.25, -0.2) is 0 Å². The van der Waals surface area contributed by atoms with Crippen LogP contribution in [0, 0.1) is 5.41 Å². The molecule has 0 saturated carbocycles. The van der Waals surface area contributed by atoms with Gasteiger partial charge in [0.1, 0.15) is 0 Å². The highest BCUT2D eigenvalue weighted by Crippen LogP contribution is 2.31. The monoisotopic (exact) mass is 276 g/mol. The highest BCUT2D eigenvalue weighted by molar-refractivity contribution is 5.44. The van der Waals surface area contributed by atoms with E-state index in [4.69, 9.17) is 5.73 Å². The fraction of sp³-hybridized carbons (Fsp3) is 0.786. The van der Waals surface area contributed by atoms with Crippen molar-refractivity contribution < 1.29 is 0 Å². The maximum atomic E-state index is 5.87. The second-order valence-corrected chi connectivity index (χ2v) is 6.64. The van der Waals surface area contributed by atoms with Crippen LogP contribution in [0.2, 0.25) is 0 Å². The summed E-state index contributed by atoms with van der Waals surface area (Å²) in [5, 5.41) is 0. The Morgan fingerprint density at radius 1 is 0.850 bits per heavy atom. The van der Waals surface area contributed by atoms with Crippen molar-refractivity contribution in [2.24, 2.45) is 5.41 Å². The Bertz CT molecular complexity index is 471. The number of piperidine rings is 1. The molecule has 3 rings (SSSR count). The van der Waals surface area contributed by atoms with Crippen LogP contribution in [0.15, 0.2) is 0 Å². The summed E-state index contributed by atoms with van der Waals surface area (Å²) in [4.78, 5) is 17.7. The molecule has 20 heavy (non-hydrogen) atoms. The number of nitrogens with zero attached hydrogens (tertiary/aromatic N) is 5. The van der Waals surface area contributed by atoms with E-state index in [1.807, 2.05) is 0 Å². The fourth-order valence-electron chi connectivity index (χ4n) is 2.88. The lowest BCUT2D eigenvalue weighted by Crippen LogP contribution is -2.38. The van der Waals surface area contributed by atoms with Crippen LogP contribution in [0.1, 0.15) is 39.5 Å². The molecule has 0 atom stereocenters. The summed E-state index contributed by atoms with van der Waals surface area (Å²) in [6.45, 7) is 8.68. The van der Waals surface area contributed by atoms with E-state index in [0.29, 0.717) is 11.4 Å². The van der Waals surface area contributed by atoms with Gasteiger partial charge in [-0.05, 0) is 31.1 Å². The van der Waals surface area contributed by atoms with Gasteiger partial charge in [0.15, 0.2) is 0 Å². The van der Waals surface area contributed by atoms with E-state index < -0.39 is 0 Å². The van der Waals surface area contributed by atoms with Crippen molar-refractivity contribution >= 4 is 17.8 Å². The van der Waals surface area contributed by atoms with Crippen LogP contribution in [-0.4, -0.2) is 41.1 Å². The lowest BCUT2D eigenvalue weighted by Gasteiger charge is -2.37. The molecule has 0 radical (unpaired) electrons. The lowest BCUT2D eigenvalue weighted by molar-refractivity contribution is 0.278. The van der Waals surface area contributed by atoms with Gasteiger partial charge in [0, 0.05) is 26.2 Å². The number of nitrogens with two attached hydrogens (primary N) is 1. The van der Waals surface area contributed by atoms with Gasteiger partial charge in [-0.2, -0.15) is 15.0 Å². The second-order valence-electron chi connectivity index (χ2n) is 6.64. The van der Waals surface area contributed by atoms with Gasteiger partial charge in [0.25, 0.3) is 0 Å². The molecule has 0 unspecified atom stereocenters. The van der Waals surface area contributed by atoms with Crippen molar-refractivity contribution in [2.45, 2.75) is 39.5 Å². The molecule has 2 N–H and O–H groups in total. The molecule has 6 nitrogen and oxygen atoms in total. The van der Waals surface area contributed by atoms with Crippen molar-refractivity contribution in [1.82, 2.24) is 15.0 Å². The number of anilines is 3. The quantitative estimate of drug-likeness (QED) is 0.886. The molecule has 0 bridgehead atoms. The molecule has 1 aromatic heterocycles. The number of hydrogen-bond acceptors (Lipinski definition) is 6. The van der Waals surface area contributed by atoms with Crippen LogP contribution >= 0.6 is 0 Å². The molecule has 2 saturated heterocycles. The number of aromatic nitrogens is 3. The predicted octanol–water partition coefficient (Wildman–Crippen LogP) is 1.68. The molecule has 0 aliphatic carbocycles. The third-order valence-corrected chi connectivity index (χ3v) is 4.42. The molecule has 0 amide bonds. The molecular weight excluding hydrogens is 252 g/mol. The summed E-state index contributed by atoms with van der Waals surface area (Å²) < 4.78 is 0. The van der Waals surface area contributed by atoms with Crippen LogP contribution in [0.4, 0.5) is 17.8 Å². The minimum atomic E-state index is 0.335. The van der Waals surface area contributed by atoms with E-state index >= 15 is 0 Å². The van der Waals surface area contributed by atoms with Crippen molar-refractivity contribution in [2.75, 3.05) is 41.7 Å². The second kappa shape index (κ2) is 5.07. The minimum absolute atomic E-state index is 0.335. The summed E-state index contributed by atoms with van der Waals surface area (Å²) >= 11 is 0. The first kappa shape index (κ1) is 13.4. The Balaban J connectivity index is 1.79. The molecule has 110 valence electrons. The lowest BCUT2D eigenvalue weighted by atomic mass is 9.83. The van der Waals surface area contributed by atoms with Crippen LogP contribution in [0.3, 0.4) is 0 Å². The standard InChI is InChI=1S/C14H24N6/c1-14(2)5-9-20(10-6-14)13-17-11(15)16-12(18-13)19-7-3-4-8-19/h3-10H2,1-2H3,(H2,15,16,17,18). The van der Waals surface area contributed by atoms with E-state index in [9.17, 15) is 0 Å². The van der Waals surface area contributed by atoms with Gasteiger partial charge < -0.3 is 15.5 Å². The van der Waals surface area contributed by atoms with Gasteiger partial charge in [-0.1, -0.05) is 13.8 Å². The molecule has 2 fully saturated rings. The molecular formula is C14H24N6. The van der Waals surface area contributed by atoms with Gasteiger partial charge in [0.2, 0.25) is 17.8 Å². The maximum Gasteiger partial charge on any atom is 0.231 e. The SMILES string of the molecule is CC1(C)CCN(c2nc(N)nc(N3CCCC3)n2)CC1. The van der Waals surface area contributed by atoms with Gasteiger partial charge in [-0.3, -0.25) is 0 Å². The van der Waals surface area contributed by atoms with E-state index in [-0.39, 0.29) is 0 Å². The zero-order valence-corrected chi connectivity index (χ0v) is 12.5. The first-order valence-corrected chi connectivity index (χ1v) is 7.55. The Morgan fingerprint density at radius 3 is 1.90 bits per heavy atom. The zero-order chi connectivity index (χ0) is 14.2. The van der Waals surface area contributed by atoms with Crippen LogP contribution in [0.5, 0.6) is 0 Å². The highest BCUT2D eigenvalue weighted by atomic mass is 15.4. The molecule has 6 heteroatoms. The third-order valence-electron chi connectivity index (χ3n) is 4.42. The molecule has 0 aromatic carbocycles. The molecule has 2 aliphatic rings. The first-order valence-electron chi connectivity index (χ1n) is 7.55. The largest absolute Gasteiger partial charge is 0.368 e. The topological polar surface area (TPSA) is 71.2 Å². The van der Waals surface area contributed by atoms with Crippen LogP contribution < -0.4 is 15.5 Å². The molecule has 3 heterocycles. The smallest absolute Gasteiger partial charge is 0.231 e. The van der Waals surface area contributed by atoms with Gasteiger partial charge in [-0.15, -0.1) is 0 Å². The van der Waals surface area contributed by atoms with Crippen molar-refractivity contribution in [1.29, 1.82) is 0 Å². The van der Waals surface area contributed by atoms with E-state index in [1.165, 1.54) is 12.8 Å². The Labute approximate surface area is 120 Å². The summed E-state index contributed by atoms with van der Waals surface area (Å²) in [7, 11) is 0. The van der Waals surface area contributed by atoms with Gasteiger partial charge in [0.05, 0.1) is 0 Å². The van der Waals surface area contributed by atoms with E-state index in [0.717, 1.165) is 50.9 Å². The van der Waals surface area contributed by atoms with Crippen molar-refractivity contribution in [3.63, 3.8) is 0 Å². The Hall–Kier alpha value is -1.59. The van der Waals surface area contributed by atoms with Crippen molar-refractivity contribution in [3.8, 4) is 0 Å². The zero-order valence-electron chi connectivity index (χ0n) is 12.5.